The minimum Gasteiger partial charge on any atom is -0.382 e. The van der Waals surface area contributed by atoms with E-state index in [1.54, 1.807) is 0 Å². The molecule has 0 saturated carbocycles. The fraction of sp³-hybridized carbons (Fsp3) is 0.727. The molecule has 0 spiro atoms. The average Bonchev–Trinajstić information content (AvgIpc) is 2.71. The quantitative estimate of drug-likeness (QED) is 0.679. The lowest BCUT2D eigenvalue weighted by Gasteiger charge is -2.07. The van der Waals surface area contributed by atoms with Crippen molar-refractivity contribution in [3.63, 3.8) is 0 Å². The fourth-order valence-electron chi connectivity index (χ4n) is 1.65. The Kier molecular flexibility index (Phi) is 6.95. The summed E-state index contributed by atoms with van der Waals surface area (Å²) in [6, 6.07) is 0. The first-order valence-corrected chi connectivity index (χ1v) is 10.1. The van der Waals surface area contributed by atoms with Crippen LogP contribution >= 0.6 is 23.3 Å². The lowest BCUT2D eigenvalue weighted by atomic mass is 10.3. The number of nitrogen functional groups attached to an aromatic ring is 1. The van der Waals surface area contributed by atoms with Gasteiger partial charge in [0, 0.05) is 6.54 Å². The second-order valence-electron chi connectivity index (χ2n) is 4.17. The maximum atomic E-state index is 12.1. The number of nitrogens with zero attached hydrogens (tertiary/aromatic N) is 1. The summed E-state index contributed by atoms with van der Waals surface area (Å²) in [4.78, 5) is 0.184. The molecule has 0 aliphatic heterocycles. The monoisotopic (exact) mass is 323 g/mol. The molecule has 0 radical (unpaired) electrons. The highest BCUT2D eigenvalue weighted by Gasteiger charge is 2.24. The van der Waals surface area contributed by atoms with Crippen LogP contribution in [-0.2, 0) is 9.84 Å². The molecule has 0 saturated heterocycles. The van der Waals surface area contributed by atoms with E-state index in [-0.39, 0.29) is 16.5 Å². The molecule has 0 atom stereocenters. The van der Waals surface area contributed by atoms with Crippen LogP contribution in [0.2, 0.25) is 0 Å². The Labute approximate surface area is 123 Å². The molecule has 0 amide bonds. The van der Waals surface area contributed by atoms with Crippen LogP contribution in [0.1, 0.15) is 26.2 Å². The second-order valence-corrected chi connectivity index (χ2v) is 7.98. The number of thioether (sulfide) groups is 1. The molecule has 0 aliphatic rings. The van der Waals surface area contributed by atoms with E-state index < -0.39 is 9.84 Å². The lowest BCUT2D eigenvalue weighted by Crippen LogP contribution is -2.11. The summed E-state index contributed by atoms with van der Waals surface area (Å²) >= 11 is 2.93. The highest BCUT2D eigenvalue weighted by atomic mass is 32.2. The number of anilines is 2. The van der Waals surface area contributed by atoms with Gasteiger partial charge in [0.05, 0.1) is 5.75 Å². The summed E-state index contributed by atoms with van der Waals surface area (Å²) < 4.78 is 28.2. The van der Waals surface area contributed by atoms with Crippen molar-refractivity contribution in [2.75, 3.05) is 35.4 Å². The molecule has 0 aliphatic carbocycles. The zero-order valence-electron chi connectivity index (χ0n) is 11.3. The van der Waals surface area contributed by atoms with E-state index in [1.165, 1.54) is 0 Å². The number of aromatic nitrogens is 1. The van der Waals surface area contributed by atoms with Gasteiger partial charge in [-0.1, -0.05) is 6.92 Å². The molecule has 8 heteroatoms. The Bertz CT molecular complexity index is 485. The van der Waals surface area contributed by atoms with Gasteiger partial charge in [-0.15, -0.1) is 0 Å². The molecule has 5 nitrogen and oxygen atoms in total. The van der Waals surface area contributed by atoms with Gasteiger partial charge in [0.1, 0.15) is 9.90 Å². The number of nitrogens with two attached hydrogens (primary N) is 1. The third kappa shape index (κ3) is 4.85. The molecule has 0 aromatic carbocycles. The predicted octanol–water partition coefficient (Wildman–Crippen LogP) is 2.46. The fourth-order valence-corrected chi connectivity index (χ4v) is 4.79. The van der Waals surface area contributed by atoms with Crippen LogP contribution in [0.15, 0.2) is 4.90 Å². The summed E-state index contributed by atoms with van der Waals surface area (Å²) in [5.41, 5.74) is 5.69. The van der Waals surface area contributed by atoms with Crippen LogP contribution in [-0.4, -0.2) is 37.1 Å². The molecule has 0 fully saturated rings. The SMILES string of the molecule is CCCS(=O)(=O)c1c(N)nsc1NCCCCSC. The maximum Gasteiger partial charge on any atom is 0.185 e. The standard InChI is InChI=1S/C11H21N3O2S3/c1-3-8-19(15,16)9-10(12)14-18-11(9)13-6-4-5-7-17-2/h13H,3-8H2,1-2H3,(H2,12,14). The van der Waals surface area contributed by atoms with Crippen molar-refractivity contribution >= 4 is 44.0 Å². The molecule has 0 bridgehead atoms. The van der Waals surface area contributed by atoms with E-state index in [2.05, 4.69) is 15.9 Å². The second kappa shape index (κ2) is 7.96. The van der Waals surface area contributed by atoms with Gasteiger partial charge in [-0.3, -0.25) is 0 Å². The zero-order valence-corrected chi connectivity index (χ0v) is 13.8. The molecule has 1 rings (SSSR count). The van der Waals surface area contributed by atoms with Crippen molar-refractivity contribution in [2.24, 2.45) is 0 Å². The average molecular weight is 324 g/mol. The molecular weight excluding hydrogens is 302 g/mol. The number of rotatable bonds is 9. The highest BCUT2D eigenvalue weighted by Crippen LogP contribution is 2.32. The lowest BCUT2D eigenvalue weighted by molar-refractivity contribution is 0.595. The summed E-state index contributed by atoms with van der Waals surface area (Å²) in [6.45, 7) is 2.58. The summed E-state index contributed by atoms with van der Waals surface area (Å²) in [5, 5.41) is 3.72. The molecule has 1 aromatic heterocycles. The Balaban J connectivity index is 2.70. The molecule has 110 valence electrons. The van der Waals surface area contributed by atoms with Crippen LogP contribution in [0.4, 0.5) is 10.8 Å². The number of hydrogen-bond donors (Lipinski definition) is 2. The third-order valence-electron chi connectivity index (χ3n) is 2.52. The number of nitrogens with one attached hydrogen (secondary N) is 1. The Morgan fingerprint density at radius 3 is 2.79 bits per heavy atom. The van der Waals surface area contributed by atoms with Crippen LogP contribution in [0.5, 0.6) is 0 Å². The van der Waals surface area contributed by atoms with Crippen LogP contribution in [0, 0.1) is 0 Å². The van der Waals surface area contributed by atoms with E-state index in [0.29, 0.717) is 11.4 Å². The summed E-state index contributed by atoms with van der Waals surface area (Å²) in [7, 11) is -3.32. The Morgan fingerprint density at radius 1 is 1.42 bits per heavy atom. The van der Waals surface area contributed by atoms with Gasteiger partial charge in [-0.2, -0.15) is 16.1 Å². The number of unbranched alkanes of at least 4 members (excludes halogenated alkanes) is 1. The van der Waals surface area contributed by atoms with Crippen LogP contribution in [0.25, 0.3) is 0 Å². The topological polar surface area (TPSA) is 85.1 Å². The first-order valence-electron chi connectivity index (χ1n) is 6.23. The van der Waals surface area contributed by atoms with Crippen molar-refractivity contribution in [1.82, 2.24) is 4.37 Å². The van der Waals surface area contributed by atoms with Gasteiger partial charge < -0.3 is 11.1 Å². The minimum atomic E-state index is -3.32. The van der Waals surface area contributed by atoms with Gasteiger partial charge in [0.2, 0.25) is 0 Å². The smallest absolute Gasteiger partial charge is 0.185 e. The van der Waals surface area contributed by atoms with E-state index in [9.17, 15) is 8.42 Å². The predicted molar refractivity (Wildman–Crippen MR) is 85.0 cm³/mol. The molecule has 3 N–H and O–H groups in total. The van der Waals surface area contributed by atoms with Gasteiger partial charge in [-0.05, 0) is 42.8 Å². The maximum absolute atomic E-state index is 12.1. The van der Waals surface area contributed by atoms with Crippen LogP contribution in [0.3, 0.4) is 0 Å². The van der Waals surface area contributed by atoms with Crippen LogP contribution < -0.4 is 11.1 Å². The highest BCUT2D eigenvalue weighted by molar-refractivity contribution is 7.98. The van der Waals surface area contributed by atoms with E-state index >= 15 is 0 Å². The Hall–Kier alpha value is -0.470. The van der Waals surface area contributed by atoms with Gasteiger partial charge in [-0.25, -0.2) is 8.42 Å². The van der Waals surface area contributed by atoms with Crippen molar-refractivity contribution in [2.45, 2.75) is 31.1 Å². The number of sulfone groups is 1. The van der Waals surface area contributed by atoms with Gasteiger partial charge >= 0.3 is 0 Å². The largest absolute Gasteiger partial charge is 0.382 e. The van der Waals surface area contributed by atoms with E-state index in [0.717, 1.165) is 36.7 Å². The first kappa shape index (κ1) is 16.6. The van der Waals surface area contributed by atoms with E-state index in [4.69, 9.17) is 5.73 Å². The molecule has 1 aromatic rings. The summed E-state index contributed by atoms with van der Waals surface area (Å²) in [6.07, 6.45) is 4.77. The zero-order chi connectivity index (χ0) is 14.3. The van der Waals surface area contributed by atoms with Gasteiger partial charge in [0.25, 0.3) is 0 Å². The van der Waals surface area contributed by atoms with Crippen molar-refractivity contribution < 1.29 is 8.42 Å². The molecule has 0 unspecified atom stereocenters. The van der Waals surface area contributed by atoms with E-state index in [1.807, 2.05) is 18.7 Å². The first-order chi connectivity index (χ1) is 9.03. The summed E-state index contributed by atoms with van der Waals surface area (Å²) in [5.74, 6) is 1.34. The molecule has 19 heavy (non-hydrogen) atoms. The number of hydrogen-bond acceptors (Lipinski definition) is 7. The van der Waals surface area contributed by atoms with Crippen molar-refractivity contribution in [3.05, 3.63) is 0 Å². The Morgan fingerprint density at radius 2 is 2.16 bits per heavy atom. The normalized spacial score (nSPS) is 11.7. The minimum absolute atomic E-state index is 0.108. The van der Waals surface area contributed by atoms with Gasteiger partial charge in [0.15, 0.2) is 15.7 Å². The van der Waals surface area contributed by atoms with Crippen molar-refractivity contribution in [1.29, 1.82) is 0 Å². The molecular formula is C11H21N3O2S3. The molecule has 1 heterocycles. The third-order valence-corrected chi connectivity index (χ3v) is 6.14. The van der Waals surface area contributed by atoms with Crippen molar-refractivity contribution in [3.8, 4) is 0 Å².